The first-order valence-electron chi connectivity index (χ1n) is 19.3. The molecule has 0 heterocycles. The summed E-state index contributed by atoms with van der Waals surface area (Å²) in [6.07, 6.45) is -1.02. The lowest BCUT2D eigenvalue weighted by atomic mass is 9.72. The second kappa shape index (κ2) is 18.5. The highest BCUT2D eigenvalue weighted by molar-refractivity contribution is 5.79. The van der Waals surface area contributed by atoms with Crippen LogP contribution < -0.4 is 20.1 Å². The molecule has 12 heteroatoms. The van der Waals surface area contributed by atoms with Crippen molar-refractivity contribution >= 4 is 12.0 Å². The Kier molecular flexibility index (Phi) is 12.8. The van der Waals surface area contributed by atoms with E-state index >= 15 is 17.6 Å². The van der Waals surface area contributed by atoms with Crippen LogP contribution in [0.1, 0.15) is 51.6 Å². The summed E-state index contributed by atoms with van der Waals surface area (Å²) >= 11 is 0. The minimum absolute atomic E-state index is 0.0663. The van der Waals surface area contributed by atoms with E-state index in [4.69, 9.17) is 18.9 Å². The number of benzene rings is 6. The van der Waals surface area contributed by atoms with Gasteiger partial charge in [0.15, 0.2) is 23.3 Å². The molecule has 0 radical (unpaired) electrons. The number of amides is 2. The number of rotatable bonds is 16. The molecule has 1 aliphatic carbocycles. The van der Waals surface area contributed by atoms with Crippen LogP contribution in [0.3, 0.4) is 0 Å². The number of carbonyl (C=O) groups is 2. The van der Waals surface area contributed by atoms with Crippen molar-refractivity contribution in [2.24, 2.45) is 0 Å². The number of hydrogen-bond donors (Lipinski definition) is 2. The average molecular weight is 819 g/mol. The monoisotopic (exact) mass is 818 g/mol. The smallest absolute Gasteiger partial charge is 0.407 e. The summed E-state index contributed by atoms with van der Waals surface area (Å²) in [5, 5.41) is 5.29. The molecule has 8 nitrogen and oxygen atoms in total. The first-order valence-corrected chi connectivity index (χ1v) is 19.3. The van der Waals surface area contributed by atoms with Crippen molar-refractivity contribution in [3.8, 4) is 22.6 Å². The molecule has 0 aromatic heterocycles. The normalized spacial score (nSPS) is 12.6. The highest BCUT2D eigenvalue weighted by Gasteiger charge is 2.48. The van der Waals surface area contributed by atoms with Gasteiger partial charge in [0, 0.05) is 43.0 Å². The number of halogens is 4. The molecule has 6 aromatic carbocycles. The quantitative estimate of drug-likeness (QED) is 0.0747. The van der Waals surface area contributed by atoms with Crippen molar-refractivity contribution in [3.05, 3.63) is 190 Å². The predicted molar refractivity (Wildman–Crippen MR) is 218 cm³/mol. The van der Waals surface area contributed by atoms with Crippen LogP contribution in [0.15, 0.2) is 133 Å². The van der Waals surface area contributed by atoms with Crippen LogP contribution in [0.25, 0.3) is 11.1 Å². The Morgan fingerprint density at radius 1 is 0.667 bits per heavy atom. The fourth-order valence-corrected chi connectivity index (χ4v) is 7.86. The van der Waals surface area contributed by atoms with Crippen LogP contribution in [0, 0.1) is 23.3 Å². The third-order valence-corrected chi connectivity index (χ3v) is 10.8. The van der Waals surface area contributed by atoms with Crippen molar-refractivity contribution in [2.45, 2.75) is 30.5 Å². The lowest BCUT2D eigenvalue weighted by Gasteiger charge is -2.42. The van der Waals surface area contributed by atoms with E-state index in [1.54, 1.807) is 72.8 Å². The largest absolute Gasteiger partial charge is 0.497 e. The van der Waals surface area contributed by atoms with Gasteiger partial charge in [-0.05, 0) is 63.2 Å². The maximum atomic E-state index is 16.2. The van der Waals surface area contributed by atoms with Gasteiger partial charge in [-0.1, -0.05) is 103 Å². The fraction of sp³-hybridized carbons (Fsp3) is 0.208. The number of hydrogen-bond acceptors (Lipinski definition) is 6. The lowest BCUT2D eigenvalue weighted by Crippen LogP contribution is -2.45. The van der Waals surface area contributed by atoms with Gasteiger partial charge >= 0.3 is 6.09 Å². The molecule has 60 heavy (non-hydrogen) atoms. The van der Waals surface area contributed by atoms with Crippen molar-refractivity contribution in [2.75, 3.05) is 33.9 Å². The summed E-state index contributed by atoms with van der Waals surface area (Å²) in [7, 11) is 2.94. The third kappa shape index (κ3) is 8.55. The van der Waals surface area contributed by atoms with Gasteiger partial charge in [0.05, 0.1) is 20.8 Å². The number of carbonyl (C=O) groups excluding carboxylic acids is 2. The van der Waals surface area contributed by atoms with Gasteiger partial charge in [0.25, 0.3) is 0 Å². The van der Waals surface area contributed by atoms with Crippen LogP contribution >= 0.6 is 0 Å². The molecule has 1 aliphatic rings. The predicted octanol–water partition coefficient (Wildman–Crippen LogP) is 9.55. The Balaban J connectivity index is 1.17. The van der Waals surface area contributed by atoms with E-state index in [2.05, 4.69) is 10.6 Å². The second-order valence-electron chi connectivity index (χ2n) is 14.2. The van der Waals surface area contributed by atoms with E-state index in [-0.39, 0.29) is 38.2 Å². The Hall–Kier alpha value is -6.66. The number of ether oxygens (including phenoxy) is 4. The number of nitrogens with one attached hydrogen (secondary N) is 2. The number of alkyl carbamates (subject to hydrolysis) is 1. The molecule has 0 bridgehead atoms. The highest BCUT2D eigenvalue weighted by atomic mass is 19.2. The molecule has 6 aromatic rings. The highest BCUT2D eigenvalue weighted by Crippen LogP contribution is 2.49. The maximum absolute atomic E-state index is 16.2. The molecule has 0 aliphatic heterocycles. The molecule has 0 spiro atoms. The van der Waals surface area contributed by atoms with Crippen LogP contribution in [-0.2, 0) is 26.5 Å². The first-order chi connectivity index (χ1) is 29.1. The zero-order valence-corrected chi connectivity index (χ0v) is 32.9. The van der Waals surface area contributed by atoms with E-state index < -0.39 is 58.9 Å². The van der Waals surface area contributed by atoms with Crippen molar-refractivity contribution < 1.29 is 46.1 Å². The Labute approximate surface area is 345 Å². The van der Waals surface area contributed by atoms with E-state index in [1.807, 2.05) is 54.6 Å². The molecule has 7 rings (SSSR count). The summed E-state index contributed by atoms with van der Waals surface area (Å²) in [6, 6.07) is 37.9. The number of fused-ring (bicyclic) bond motifs is 3. The van der Waals surface area contributed by atoms with Gasteiger partial charge in [-0.25, -0.2) is 22.4 Å². The summed E-state index contributed by atoms with van der Waals surface area (Å²) in [6.45, 7) is -0.796. The molecular formula is C48H42F4N2O6. The molecule has 2 N–H and O–H groups in total. The zero-order chi connectivity index (χ0) is 42.2. The molecular weight excluding hydrogens is 777 g/mol. The van der Waals surface area contributed by atoms with Crippen LogP contribution in [0.4, 0.5) is 22.4 Å². The van der Waals surface area contributed by atoms with E-state index in [1.165, 1.54) is 14.2 Å². The van der Waals surface area contributed by atoms with Crippen molar-refractivity contribution in [3.63, 3.8) is 0 Å². The summed E-state index contributed by atoms with van der Waals surface area (Å²) in [4.78, 5) is 26.4. The molecule has 308 valence electrons. The minimum Gasteiger partial charge on any atom is -0.497 e. The van der Waals surface area contributed by atoms with Crippen molar-refractivity contribution in [1.82, 2.24) is 10.6 Å². The molecule has 0 fully saturated rings. The van der Waals surface area contributed by atoms with E-state index in [9.17, 15) is 9.59 Å². The Morgan fingerprint density at radius 2 is 1.18 bits per heavy atom. The van der Waals surface area contributed by atoms with Crippen LogP contribution in [-0.4, -0.2) is 45.9 Å². The lowest BCUT2D eigenvalue weighted by molar-refractivity contribution is -0.121. The van der Waals surface area contributed by atoms with Gasteiger partial charge in [0.2, 0.25) is 5.91 Å². The second-order valence-corrected chi connectivity index (χ2v) is 14.2. The van der Waals surface area contributed by atoms with Crippen LogP contribution in [0.5, 0.6) is 11.5 Å². The van der Waals surface area contributed by atoms with Gasteiger partial charge in [-0.15, -0.1) is 0 Å². The van der Waals surface area contributed by atoms with Gasteiger partial charge in [0.1, 0.15) is 23.7 Å². The van der Waals surface area contributed by atoms with Gasteiger partial charge in [-0.2, -0.15) is 0 Å². The summed E-state index contributed by atoms with van der Waals surface area (Å²) < 4.78 is 85.9. The van der Waals surface area contributed by atoms with Crippen LogP contribution in [0.2, 0.25) is 0 Å². The molecule has 0 unspecified atom stereocenters. The first kappa shape index (κ1) is 41.5. The fourth-order valence-electron chi connectivity index (χ4n) is 7.86. The Bertz CT molecular complexity index is 2330. The standard InChI is InChI=1S/C48H42F4N2O6/c1-57-33-20-16-31(17-21-33)48(32-18-22-34(58-2)23-19-32,60-28-30-10-4-3-5-11-30)40(44-45(51)41(49)26-42(50)46(44)52)27-54-43(55)24-25-53-47(56)59-29-39-37-14-8-6-12-35(37)36-13-7-9-15-38(36)39/h3-23,26,39-40H,24-25,27-29H2,1-2H3,(H,53,56)(H,54,55)/t40-/m1/s1. The molecule has 0 saturated heterocycles. The third-order valence-electron chi connectivity index (χ3n) is 10.8. The SMILES string of the molecule is COc1ccc(C(OCc2ccccc2)(c2ccc(OC)cc2)[C@H](CNC(=O)CCNC(=O)OCC2c3ccccc3-c3ccccc32)c2c(F)c(F)cc(F)c2F)cc1. The summed E-state index contributed by atoms with van der Waals surface area (Å²) in [5.74, 6) is -8.12. The molecule has 1 atom stereocenters. The topological polar surface area (TPSA) is 95.1 Å². The summed E-state index contributed by atoms with van der Waals surface area (Å²) in [5.41, 5.74) is 2.65. The van der Waals surface area contributed by atoms with E-state index in [0.717, 1.165) is 22.3 Å². The molecule has 0 saturated carbocycles. The van der Waals surface area contributed by atoms with E-state index in [0.29, 0.717) is 28.2 Å². The Morgan fingerprint density at radius 3 is 1.72 bits per heavy atom. The van der Waals surface area contributed by atoms with Gasteiger partial charge < -0.3 is 29.6 Å². The van der Waals surface area contributed by atoms with Gasteiger partial charge in [-0.3, -0.25) is 4.79 Å². The maximum Gasteiger partial charge on any atom is 0.407 e. The minimum atomic E-state index is -1.93. The number of methoxy groups -OCH3 is 2. The zero-order valence-electron chi connectivity index (χ0n) is 32.9. The molecule has 2 amide bonds. The van der Waals surface area contributed by atoms with Crippen molar-refractivity contribution in [1.29, 1.82) is 0 Å². The average Bonchev–Trinajstić information content (AvgIpc) is 3.60.